The second kappa shape index (κ2) is 5.72. The van der Waals surface area contributed by atoms with Gasteiger partial charge < -0.3 is 5.32 Å². The molecule has 0 unspecified atom stereocenters. The molecule has 0 bridgehead atoms. The summed E-state index contributed by atoms with van der Waals surface area (Å²) >= 11 is 0. The molecule has 0 aliphatic heterocycles. The van der Waals surface area contributed by atoms with Crippen molar-refractivity contribution in [3.8, 4) is 0 Å². The summed E-state index contributed by atoms with van der Waals surface area (Å²) < 4.78 is 0. The molecule has 2 atom stereocenters. The summed E-state index contributed by atoms with van der Waals surface area (Å²) in [5, 5.41) is 3.21. The first-order valence-corrected chi connectivity index (χ1v) is 4.37. The van der Waals surface area contributed by atoms with Crippen LogP contribution < -0.4 is 5.32 Å². The molecule has 0 aromatic carbocycles. The highest BCUT2D eigenvalue weighted by Gasteiger charge is 2.08. The molecule has 62 valence electrons. The van der Waals surface area contributed by atoms with Crippen LogP contribution >= 0.6 is 0 Å². The zero-order valence-electron chi connectivity index (χ0n) is 7.78. The fraction of sp³-hybridized carbons (Fsp3) is 1.00. The lowest BCUT2D eigenvalue weighted by Crippen LogP contribution is -2.21. The molecule has 0 saturated carbocycles. The van der Waals surface area contributed by atoms with Gasteiger partial charge in [0.15, 0.2) is 0 Å². The molecule has 0 rings (SSSR count). The van der Waals surface area contributed by atoms with E-state index in [-0.39, 0.29) is 0 Å². The van der Waals surface area contributed by atoms with Crippen molar-refractivity contribution >= 4 is 0 Å². The Hall–Kier alpha value is -0.0400. The summed E-state index contributed by atoms with van der Waals surface area (Å²) in [6, 6.07) is 0. The largest absolute Gasteiger partial charge is 0.319 e. The average molecular weight is 143 g/mol. The van der Waals surface area contributed by atoms with E-state index in [1.165, 1.54) is 12.8 Å². The Kier molecular flexibility index (Phi) is 5.70. The molecule has 0 aliphatic carbocycles. The maximum atomic E-state index is 3.21. The molecule has 0 radical (unpaired) electrons. The molecular weight excluding hydrogens is 122 g/mol. The van der Waals surface area contributed by atoms with Crippen LogP contribution in [0.5, 0.6) is 0 Å². The van der Waals surface area contributed by atoms with Crippen LogP contribution in [0.2, 0.25) is 0 Å². The lowest BCUT2D eigenvalue weighted by Gasteiger charge is -2.18. The molecule has 0 fully saturated rings. The summed E-state index contributed by atoms with van der Waals surface area (Å²) in [7, 11) is 2.02. The zero-order chi connectivity index (χ0) is 7.98. The number of nitrogens with one attached hydrogen (secondary N) is 1. The molecule has 0 heterocycles. The van der Waals surface area contributed by atoms with Gasteiger partial charge in [-0.25, -0.2) is 0 Å². The van der Waals surface area contributed by atoms with Crippen molar-refractivity contribution in [1.29, 1.82) is 0 Å². The normalized spacial score (nSPS) is 16.8. The second-order valence-corrected chi connectivity index (χ2v) is 3.30. The molecule has 0 amide bonds. The molecule has 1 N–H and O–H groups in total. The molecule has 1 nitrogen and oxygen atoms in total. The third-order valence-electron chi connectivity index (χ3n) is 2.24. The van der Waals surface area contributed by atoms with Crippen LogP contribution in [0, 0.1) is 11.8 Å². The first kappa shape index (κ1) is 9.96. The van der Waals surface area contributed by atoms with E-state index in [4.69, 9.17) is 0 Å². The van der Waals surface area contributed by atoms with Crippen molar-refractivity contribution in [2.24, 2.45) is 11.8 Å². The standard InChI is InChI=1S/C9H21N/c1-5-6-8(2)9(3)7-10-4/h8-10H,5-7H2,1-4H3/t8-,9-/m1/s1. The molecule has 0 spiro atoms. The van der Waals surface area contributed by atoms with Crippen LogP contribution in [0.3, 0.4) is 0 Å². The molecule has 0 aliphatic rings. The van der Waals surface area contributed by atoms with E-state index >= 15 is 0 Å². The molecule has 0 saturated heterocycles. The van der Waals surface area contributed by atoms with Crippen molar-refractivity contribution < 1.29 is 0 Å². The highest BCUT2D eigenvalue weighted by Crippen LogP contribution is 2.15. The second-order valence-electron chi connectivity index (χ2n) is 3.30. The summed E-state index contributed by atoms with van der Waals surface area (Å²) in [5.41, 5.74) is 0. The van der Waals surface area contributed by atoms with E-state index < -0.39 is 0 Å². The van der Waals surface area contributed by atoms with E-state index in [1.807, 2.05) is 7.05 Å². The van der Waals surface area contributed by atoms with Gasteiger partial charge in [-0.05, 0) is 25.4 Å². The van der Waals surface area contributed by atoms with Crippen LogP contribution in [0.1, 0.15) is 33.6 Å². The SMILES string of the molecule is CCC[C@@H](C)[C@H](C)CNC. The van der Waals surface area contributed by atoms with Gasteiger partial charge in [0, 0.05) is 0 Å². The maximum absolute atomic E-state index is 3.21. The Balaban J connectivity index is 3.38. The summed E-state index contributed by atoms with van der Waals surface area (Å²) in [4.78, 5) is 0. The third kappa shape index (κ3) is 3.89. The maximum Gasteiger partial charge on any atom is -0.00236 e. The Morgan fingerprint density at radius 2 is 1.80 bits per heavy atom. The Morgan fingerprint density at radius 3 is 2.20 bits per heavy atom. The quantitative estimate of drug-likeness (QED) is 0.622. The van der Waals surface area contributed by atoms with Gasteiger partial charge in [0.25, 0.3) is 0 Å². The van der Waals surface area contributed by atoms with E-state index in [2.05, 4.69) is 26.1 Å². The topological polar surface area (TPSA) is 12.0 Å². The number of rotatable bonds is 5. The first-order valence-electron chi connectivity index (χ1n) is 4.37. The van der Waals surface area contributed by atoms with Crippen LogP contribution in [0.15, 0.2) is 0 Å². The van der Waals surface area contributed by atoms with E-state index in [9.17, 15) is 0 Å². The molecule has 0 aromatic rings. The minimum absolute atomic E-state index is 0.824. The average Bonchev–Trinajstić information content (AvgIpc) is 1.89. The zero-order valence-corrected chi connectivity index (χ0v) is 7.78. The third-order valence-corrected chi connectivity index (χ3v) is 2.24. The van der Waals surface area contributed by atoms with Crippen molar-refractivity contribution in [2.45, 2.75) is 33.6 Å². The first-order chi connectivity index (χ1) is 4.72. The summed E-state index contributed by atoms with van der Waals surface area (Å²) in [6.07, 6.45) is 2.68. The van der Waals surface area contributed by atoms with Gasteiger partial charge >= 0.3 is 0 Å². The van der Waals surface area contributed by atoms with Crippen LogP contribution in [-0.2, 0) is 0 Å². The lowest BCUT2D eigenvalue weighted by molar-refractivity contribution is 0.352. The van der Waals surface area contributed by atoms with Crippen molar-refractivity contribution in [2.75, 3.05) is 13.6 Å². The summed E-state index contributed by atoms with van der Waals surface area (Å²) in [6.45, 7) is 8.06. The molecular formula is C9H21N. The van der Waals surface area contributed by atoms with Crippen molar-refractivity contribution in [1.82, 2.24) is 5.32 Å². The van der Waals surface area contributed by atoms with Gasteiger partial charge in [-0.2, -0.15) is 0 Å². The fourth-order valence-electron chi connectivity index (χ4n) is 1.26. The minimum atomic E-state index is 0.824. The van der Waals surface area contributed by atoms with Crippen LogP contribution in [-0.4, -0.2) is 13.6 Å². The van der Waals surface area contributed by atoms with Gasteiger partial charge in [0.2, 0.25) is 0 Å². The fourth-order valence-corrected chi connectivity index (χ4v) is 1.26. The van der Waals surface area contributed by atoms with Gasteiger partial charge in [-0.15, -0.1) is 0 Å². The predicted molar refractivity (Wildman–Crippen MR) is 47.2 cm³/mol. The van der Waals surface area contributed by atoms with E-state index in [0.29, 0.717) is 0 Å². The smallest absolute Gasteiger partial charge is 0.00236 e. The monoisotopic (exact) mass is 143 g/mol. The number of hydrogen-bond acceptors (Lipinski definition) is 1. The molecule has 1 heteroatoms. The van der Waals surface area contributed by atoms with Gasteiger partial charge in [-0.1, -0.05) is 33.6 Å². The number of hydrogen-bond donors (Lipinski definition) is 1. The summed E-state index contributed by atoms with van der Waals surface area (Å²) in [5.74, 6) is 1.70. The Bertz CT molecular complexity index is 61.1. The van der Waals surface area contributed by atoms with Crippen LogP contribution in [0.4, 0.5) is 0 Å². The van der Waals surface area contributed by atoms with E-state index in [0.717, 1.165) is 18.4 Å². The van der Waals surface area contributed by atoms with Gasteiger partial charge in [0.1, 0.15) is 0 Å². The van der Waals surface area contributed by atoms with Crippen molar-refractivity contribution in [3.05, 3.63) is 0 Å². The Labute approximate surface area is 65.2 Å². The highest BCUT2D eigenvalue weighted by molar-refractivity contribution is 4.62. The van der Waals surface area contributed by atoms with Crippen LogP contribution in [0.25, 0.3) is 0 Å². The lowest BCUT2D eigenvalue weighted by atomic mass is 9.92. The minimum Gasteiger partial charge on any atom is -0.319 e. The Morgan fingerprint density at radius 1 is 1.20 bits per heavy atom. The van der Waals surface area contributed by atoms with Gasteiger partial charge in [0.05, 0.1) is 0 Å². The van der Waals surface area contributed by atoms with Crippen molar-refractivity contribution in [3.63, 3.8) is 0 Å². The molecule has 0 aromatic heterocycles. The molecule has 10 heavy (non-hydrogen) atoms. The van der Waals surface area contributed by atoms with E-state index in [1.54, 1.807) is 0 Å². The highest BCUT2D eigenvalue weighted by atomic mass is 14.8. The van der Waals surface area contributed by atoms with Gasteiger partial charge in [-0.3, -0.25) is 0 Å². The predicted octanol–water partition coefficient (Wildman–Crippen LogP) is 2.28.